The van der Waals surface area contributed by atoms with Crippen molar-refractivity contribution in [1.29, 1.82) is 0 Å². The monoisotopic (exact) mass is 647 g/mol. The molecular formula is C35H57N11O. The largest absolute Gasteiger partial charge is 0.367 e. The molecule has 47 heavy (non-hydrogen) atoms. The Labute approximate surface area is 280 Å². The number of carbonyl (C=O) groups excluding carboxylic acids is 1. The van der Waals surface area contributed by atoms with Crippen LogP contribution in [0, 0.1) is 0 Å². The third-order valence-electron chi connectivity index (χ3n) is 9.43. The number of amides is 1. The van der Waals surface area contributed by atoms with Crippen molar-refractivity contribution < 1.29 is 4.79 Å². The number of hydrogen-bond acceptors (Lipinski definition) is 10. The molecule has 0 spiro atoms. The first-order valence-electron chi connectivity index (χ1n) is 18.2. The molecule has 12 nitrogen and oxygen atoms in total. The maximum Gasteiger partial charge on any atom is 0.225 e. The number of piperidine rings is 1. The van der Waals surface area contributed by atoms with Crippen LogP contribution in [-0.2, 0) is 17.9 Å². The summed E-state index contributed by atoms with van der Waals surface area (Å²) in [7, 11) is 1.97. The molecule has 3 aromatic rings. The average molecular weight is 648 g/mol. The van der Waals surface area contributed by atoms with Gasteiger partial charge in [0.2, 0.25) is 11.9 Å². The van der Waals surface area contributed by atoms with Gasteiger partial charge in [0, 0.05) is 43.5 Å². The van der Waals surface area contributed by atoms with Crippen LogP contribution in [0.3, 0.4) is 0 Å². The van der Waals surface area contributed by atoms with Crippen molar-refractivity contribution in [3.63, 3.8) is 0 Å². The number of aryl methyl sites for hydroxylation is 1. The highest BCUT2D eigenvalue weighted by Crippen LogP contribution is 2.25. The van der Waals surface area contributed by atoms with E-state index in [1.807, 2.05) is 41.0 Å². The van der Waals surface area contributed by atoms with Gasteiger partial charge in [-0.05, 0) is 96.7 Å². The second kappa shape index (κ2) is 19.5. The van der Waals surface area contributed by atoms with Gasteiger partial charge >= 0.3 is 0 Å². The third-order valence-corrected chi connectivity index (χ3v) is 9.43. The summed E-state index contributed by atoms with van der Waals surface area (Å²) >= 11 is 0. The molecule has 1 aromatic carbocycles. The second-order valence-corrected chi connectivity index (χ2v) is 13.2. The zero-order valence-corrected chi connectivity index (χ0v) is 28.5. The summed E-state index contributed by atoms with van der Waals surface area (Å²) in [4.78, 5) is 24.4. The number of fused-ring (bicyclic) bond motifs is 1. The maximum absolute atomic E-state index is 12.7. The van der Waals surface area contributed by atoms with E-state index in [0.29, 0.717) is 18.9 Å². The van der Waals surface area contributed by atoms with Gasteiger partial charge in [-0.25, -0.2) is 4.98 Å². The lowest BCUT2D eigenvalue weighted by atomic mass is 9.95. The Bertz CT molecular complexity index is 1330. The molecular weight excluding hydrogens is 590 g/mol. The van der Waals surface area contributed by atoms with Crippen LogP contribution in [0.25, 0.3) is 10.9 Å². The van der Waals surface area contributed by atoms with Crippen LogP contribution < -0.4 is 26.6 Å². The first-order chi connectivity index (χ1) is 23.2. The fourth-order valence-electron chi connectivity index (χ4n) is 6.66. The lowest BCUT2D eigenvalue weighted by molar-refractivity contribution is -0.132. The summed E-state index contributed by atoms with van der Waals surface area (Å²) < 4.78 is 1.92. The van der Waals surface area contributed by atoms with Crippen molar-refractivity contribution in [3.8, 4) is 0 Å². The van der Waals surface area contributed by atoms with E-state index >= 15 is 0 Å². The first-order valence-corrected chi connectivity index (χ1v) is 18.2. The SMILES string of the molecule is CNCCCCCC(=O)N1CCC(Nc2nc(NCc3cn(CCCNCCCNC4CCCCC4)nn3)nc3ccccc23)CC1. The Morgan fingerprint density at radius 2 is 1.70 bits per heavy atom. The molecule has 3 heterocycles. The summed E-state index contributed by atoms with van der Waals surface area (Å²) in [6, 6.07) is 9.09. The van der Waals surface area contributed by atoms with Gasteiger partial charge in [-0.15, -0.1) is 5.10 Å². The van der Waals surface area contributed by atoms with Gasteiger partial charge in [0.15, 0.2) is 0 Å². The molecule has 0 radical (unpaired) electrons. The standard InChI is InChI=1S/C35H57N11O/c1-36-19-9-3-6-16-33(47)45-24-17-29(18-25-45)40-34-31-14-7-8-15-32(31)41-35(42-34)39-26-30-27-46(44-43-30)23-11-21-37-20-10-22-38-28-12-4-2-5-13-28/h7-8,14-15,27-29,36-38H,2-6,9-13,16-26H2,1H3,(H2,39,40,41,42). The number of carbonyl (C=O) groups is 1. The smallest absolute Gasteiger partial charge is 0.225 e. The summed E-state index contributed by atoms with van der Waals surface area (Å²) in [6.45, 7) is 7.04. The number of nitrogens with one attached hydrogen (secondary N) is 5. The molecule has 2 fully saturated rings. The van der Waals surface area contributed by atoms with Gasteiger partial charge in [-0.2, -0.15) is 4.98 Å². The number of rotatable bonds is 20. The van der Waals surface area contributed by atoms with Crippen LogP contribution >= 0.6 is 0 Å². The molecule has 12 heteroatoms. The van der Waals surface area contributed by atoms with Crippen LogP contribution in [0.4, 0.5) is 11.8 Å². The number of likely N-dealkylation sites (tertiary alicyclic amines) is 1. The van der Waals surface area contributed by atoms with Crippen LogP contribution in [0.15, 0.2) is 30.5 Å². The molecule has 1 saturated carbocycles. The Hall–Kier alpha value is -3.35. The normalized spacial score (nSPS) is 16.1. The van der Waals surface area contributed by atoms with Crippen molar-refractivity contribution in [2.24, 2.45) is 0 Å². The van der Waals surface area contributed by atoms with E-state index in [-0.39, 0.29) is 11.9 Å². The molecule has 5 N–H and O–H groups in total. The van der Waals surface area contributed by atoms with Crippen LogP contribution in [-0.4, -0.2) is 94.2 Å². The minimum Gasteiger partial charge on any atom is -0.367 e. The zero-order valence-electron chi connectivity index (χ0n) is 28.5. The highest BCUT2D eigenvalue weighted by molar-refractivity contribution is 5.90. The van der Waals surface area contributed by atoms with Crippen LogP contribution in [0.5, 0.6) is 0 Å². The molecule has 1 saturated heterocycles. The highest BCUT2D eigenvalue weighted by Gasteiger charge is 2.23. The van der Waals surface area contributed by atoms with E-state index in [1.165, 1.54) is 38.5 Å². The number of anilines is 2. The van der Waals surface area contributed by atoms with Crippen LogP contribution in [0.2, 0.25) is 0 Å². The molecule has 2 aromatic heterocycles. The molecule has 1 aliphatic heterocycles. The quantitative estimate of drug-likeness (QED) is 0.113. The summed E-state index contributed by atoms with van der Waals surface area (Å²) in [6.07, 6.45) is 16.7. The van der Waals surface area contributed by atoms with Gasteiger partial charge in [0.25, 0.3) is 0 Å². The Morgan fingerprint density at radius 3 is 2.55 bits per heavy atom. The second-order valence-electron chi connectivity index (χ2n) is 13.2. The zero-order chi connectivity index (χ0) is 32.5. The fourth-order valence-corrected chi connectivity index (χ4v) is 6.66. The average Bonchev–Trinajstić information content (AvgIpc) is 3.57. The molecule has 0 unspecified atom stereocenters. The van der Waals surface area contributed by atoms with Crippen molar-refractivity contribution in [2.45, 2.75) is 109 Å². The van der Waals surface area contributed by atoms with E-state index < -0.39 is 0 Å². The van der Waals surface area contributed by atoms with Crippen molar-refractivity contribution >= 4 is 28.6 Å². The fraction of sp³-hybridized carbons (Fsp3) is 0.686. The third kappa shape index (κ3) is 11.7. The minimum absolute atomic E-state index is 0.258. The van der Waals surface area contributed by atoms with E-state index in [4.69, 9.17) is 9.97 Å². The highest BCUT2D eigenvalue weighted by atomic mass is 16.2. The predicted molar refractivity (Wildman–Crippen MR) is 189 cm³/mol. The number of hydrogen-bond donors (Lipinski definition) is 5. The van der Waals surface area contributed by atoms with E-state index in [1.54, 1.807) is 0 Å². The van der Waals surface area contributed by atoms with E-state index in [2.05, 4.69) is 43.0 Å². The molecule has 1 amide bonds. The molecule has 0 atom stereocenters. The lowest BCUT2D eigenvalue weighted by Gasteiger charge is -2.33. The number of aromatic nitrogens is 5. The van der Waals surface area contributed by atoms with Gasteiger partial charge in [-0.1, -0.05) is 43.0 Å². The van der Waals surface area contributed by atoms with Crippen molar-refractivity contribution in [2.75, 3.05) is 56.9 Å². The lowest BCUT2D eigenvalue weighted by Crippen LogP contribution is -2.42. The van der Waals surface area contributed by atoms with E-state index in [0.717, 1.165) is 113 Å². The molecule has 5 rings (SSSR count). The summed E-state index contributed by atoms with van der Waals surface area (Å²) in [5.41, 5.74) is 1.75. The molecule has 1 aliphatic carbocycles. The van der Waals surface area contributed by atoms with Gasteiger partial charge in [-0.3, -0.25) is 9.48 Å². The molecule has 0 bridgehead atoms. The van der Waals surface area contributed by atoms with E-state index in [9.17, 15) is 4.79 Å². The minimum atomic E-state index is 0.258. The molecule has 2 aliphatic rings. The van der Waals surface area contributed by atoms with Gasteiger partial charge in [0.1, 0.15) is 11.5 Å². The topological polar surface area (TPSA) is 137 Å². The van der Waals surface area contributed by atoms with Crippen molar-refractivity contribution in [3.05, 3.63) is 36.2 Å². The first kappa shape index (κ1) is 35.0. The number of unbranched alkanes of at least 4 members (excludes halogenated alkanes) is 2. The molecule has 258 valence electrons. The van der Waals surface area contributed by atoms with Gasteiger partial charge < -0.3 is 31.5 Å². The van der Waals surface area contributed by atoms with Crippen LogP contribution in [0.1, 0.15) is 89.2 Å². The van der Waals surface area contributed by atoms with Gasteiger partial charge in [0.05, 0.1) is 18.3 Å². The number of benzene rings is 1. The predicted octanol–water partition coefficient (Wildman–Crippen LogP) is 4.31. The summed E-state index contributed by atoms with van der Waals surface area (Å²) in [5, 5.41) is 27.2. The Kier molecular flexibility index (Phi) is 14.5. The van der Waals surface area contributed by atoms with Crippen molar-refractivity contribution in [1.82, 2.24) is 45.8 Å². The number of para-hydroxylation sites is 1. The Balaban J connectivity index is 1.02. The Morgan fingerprint density at radius 1 is 0.872 bits per heavy atom. The maximum atomic E-state index is 12.7. The number of nitrogens with zero attached hydrogens (tertiary/aromatic N) is 6. The summed E-state index contributed by atoms with van der Waals surface area (Å²) in [5.74, 6) is 1.68.